The van der Waals surface area contributed by atoms with E-state index in [-0.39, 0.29) is 5.91 Å². The van der Waals surface area contributed by atoms with Crippen LogP contribution >= 0.6 is 0 Å². The summed E-state index contributed by atoms with van der Waals surface area (Å²) in [4.78, 5) is 11.6. The van der Waals surface area contributed by atoms with Gasteiger partial charge in [-0.2, -0.15) is 0 Å². The van der Waals surface area contributed by atoms with Gasteiger partial charge in [-0.3, -0.25) is 4.79 Å². The zero-order valence-electron chi connectivity index (χ0n) is 11.4. The van der Waals surface area contributed by atoms with Gasteiger partial charge in [0.05, 0.1) is 0 Å². The summed E-state index contributed by atoms with van der Waals surface area (Å²) in [6.07, 6.45) is 2.45. The molecule has 0 bridgehead atoms. The van der Waals surface area contributed by atoms with Crippen LogP contribution in [0.1, 0.15) is 30.9 Å². The molecular formula is C15H24N2O. The van der Waals surface area contributed by atoms with Crippen LogP contribution < -0.4 is 11.1 Å². The largest absolute Gasteiger partial charge is 0.356 e. The van der Waals surface area contributed by atoms with E-state index in [4.69, 9.17) is 5.73 Å². The average molecular weight is 248 g/mol. The van der Waals surface area contributed by atoms with Crippen LogP contribution in [0, 0.1) is 12.8 Å². The predicted octanol–water partition coefficient (Wildman–Crippen LogP) is 2.03. The first-order valence-corrected chi connectivity index (χ1v) is 6.64. The molecule has 1 aromatic rings. The van der Waals surface area contributed by atoms with Gasteiger partial charge in [-0.15, -0.1) is 0 Å². The predicted molar refractivity (Wildman–Crippen MR) is 75.3 cm³/mol. The summed E-state index contributed by atoms with van der Waals surface area (Å²) < 4.78 is 0. The maximum Gasteiger partial charge on any atom is 0.220 e. The number of benzene rings is 1. The van der Waals surface area contributed by atoms with Crippen LogP contribution in [0.5, 0.6) is 0 Å². The molecule has 0 fully saturated rings. The van der Waals surface area contributed by atoms with E-state index in [2.05, 4.69) is 24.4 Å². The zero-order valence-corrected chi connectivity index (χ0v) is 11.4. The summed E-state index contributed by atoms with van der Waals surface area (Å²) in [5.74, 6) is 0.481. The molecule has 1 unspecified atom stereocenters. The maximum atomic E-state index is 11.6. The van der Waals surface area contributed by atoms with Crippen molar-refractivity contribution in [3.05, 3.63) is 35.4 Å². The van der Waals surface area contributed by atoms with Crippen LogP contribution in [0.2, 0.25) is 0 Å². The van der Waals surface area contributed by atoms with Crippen molar-refractivity contribution in [2.75, 3.05) is 13.1 Å². The number of hydrogen-bond donors (Lipinski definition) is 2. The molecule has 0 heterocycles. The molecule has 3 N–H and O–H groups in total. The van der Waals surface area contributed by atoms with Crippen molar-refractivity contribution in [2.45, 2.75) is 33.1 Å². The Morgan fingerprint density at radius 2 is 2.11 bits per heavy atom. The van der Waals surface area contributed by atoms with Crippen LogP contribution in [-0.2, 0) is 11.2 Å². The van der Waals surface area contributed by atoms with Crippen molar-refractivity contribution in [2.24, 2.45) is 11.7 Å². The first-order chi connectivity index (χ1) is 8.63. The molecule has 0 aliphatic heterocycles. The van der Waals surface area contributed by atoms with Crippen LogP contribution in [0.4, 0.5) is 0 Å². The van der Waals surface area contributed by atoms with Gasteiger partial charge < -0.3 is 11.1 Å². The van der Waals surface area contributed by atoms with Gasteiger partial charge in [0.25, 0.3) is 0 Å². The Kier molecular flexibility index (Phi) is 6.44. The van der Waals surface area contributed by atoms with E-state index in [0.717, 1.165) is 12.8 Å². The first kappa shape index (κ1) is 14.7. The molecule has 0 spiro atoms. The minimum Gasteiger partial charge on any atom is -0.356 e. The number of nitrogens with one attached hydrogen (secondary N) is 1. The van der Waals surface area contributed by atoms with E-state index >= 15 is 0 Å². The maximum absolute atomic E-state index is 11.6. The zero-order chi connectivity index (χ0) is 13.4. The third-order valence-electron chi connectivity index (χ3n) is 3.16. The molecule has 0 aliphatic rings. The molecular weight excluding hydrogens is 224 g/mol. The topological polar surface area (TPSA) is 55.1 Å². The normalized spacial score (nSPS) is 12.2. The van der Waals surface area contributed by atoms with Crippen molar-refractivity contribution in [1.29, 1.82) is 0 Å². The lowest BCUT2D eigenvalue weighted by molar-refractivity contribution is -0.121. The average Bonchev–Trinajstić information content (AvgIpc) is 2.38. The number of amides is 1. The fourth-order valence-electron chi connectivity index (χ4n) is 1.79. The number of rotatable bonds is 7. The van der Waals surface area contributed by atoms with Gasteiger partial charge in [0.15, 0.2) is 0 Å². The molecule has 1 amide bonds. The molecule has 18 heavy (non-hydrogen) atoms. The summed E-state index contributed by atoms with van der Waals surface area (Å²) in [5, 5.41) is 2.92. The summed E-state index contributed by atoms with van der Waals surface area (Å²) in [5.41, 5.74) is 8.13. The quantitative estimate of drug-likeness (QED) is 0.775. The molecule has 3 nitrogen and oxygen atoms in total. The van der Waals surface area contributed by atoms with Crippen LogP contribution in [0.3, 0.4) is 0 Å². The second-order valence-corrected chi connectivity index (χ2v) is 4.92. The number of hydrogen-bond acceptors (Lipinski definition) is 2. The van der Waals surface area contributed by atoms with Crippen molar-refractivity contribution in [1.82, 2.24) is 5.32 Å². The van der Waals surface area contributed by atoms with Gasteiger partial charge in [0, 0.05) is 13.0 Å². The van der Waals surface area contributed by atoms with E-state index in [9.17, 15) is 4.79 Å². The second kappa shape index (κ2) is 7.88. The van der Waals surface area contributed by atoms with Crippen molar-refractivity contribution in [3.8, 4) is 0 Å². The van der Waals surface area contributed by atoms with E-state index in [1.54, 1.807) is 0 Å². The minimum atomic E-state index is 0.129. The minimum absolute atomic E-state index is 0.129. The van der Waals surface area contributed by atoms with E-state index < -0.39 is 0 Å². The Balaban J connectivity index is 2.22. The highest BCUT2D eigenvalue weighted by Crippen LogP contribution is 2.10. The molecule has 3 heteroatoms. The van der Waals surface area contributed by atoms with E-state index in [1.165, 1.54) is 11.1 Å². The monoisotopic (exact) mass is 248 g/mol. The SMILES string of the molecule is Cc1ccccc1CCCC(=O)NCC(C)CN. The van der Waals surface area contributed by atoms with E-state index in [1.807, 2.05) is 19.1 Å². The molecule has 0 saturated heterocycles. The van der Waals surface area contributed by atoms with Gasteiger partial charge in [-0.1, -0.05) is 31.2 Å². The molecule has 0 saturated carbocycles. The van der Waals surface area contributed by atoms with Gasteiger partial charge in [0.1, 0.15) is 0 Å². The Hall–Kier alpha value is -1.35. The van der Waals surface area contributed by atoms with Gasteiger partial charge in [-0.25, -0.2) is 0 Å². The molecule has 1 aromatic carbocycles. The molecule has 1 atom stereocenters. The van der Waals surface area contributed by atoms with Crippen LogP contribution in [0.15, 0.2) is 24.3 Å². The summed E-state index contributed by atoms with van der Waals surface area (Å²) in [6.45, 7) is 5.44. The third kappa shape index (κ3) is 5.32. The lowest BCUT2D eigenvalue weighted by atomic mass is 10.0. The van der Waals surface area contributed by atoms with Crippen molar-refractivity contribution in [3.63, 3.8) is 0 Å². The van der Waals surface area contributed by atoms with Gasteiger partial charge in [0.2, 0.25) is 5.91 Å². The summed E-state index contributed by atoms with van der Waals surface area (Å²) in [7, 11) is 0. The molecule has 100 valence electrons. The summed E-state index contributed by atoms with van der Waals surface area (Å²) in [6, 6.07) is 8.33. The van der Waals surface area contributed by atoms with Crippen LogP contribution in [0.25, 0.3) is 0 Å². The van der Waals surface area contributed by atoms with Gasteiger partial charge in [-0.05, 0) is 43.4 Å². The third-order valence-corrected chi connectivity index (χ3v) is 3.16. The number of nitrogens with two attached hydrogens (primary N) is 1. The fourth-order valence-corrected chi connectivity index (χ4v) is 1.79. The highest BCUT2D eigenvalue weighted by atomic mass is 16.1. The van der Waals surface area contributed by atoms with E-state index in [0.29, 0.717) is 25.4 Å². The molecule has 0 radical (unpaired) electrons. The number of aryl methyl sites for hydroxylation is 2. The lowest BCUT2D eigenvalue weighted by Crippen LogP contribution is -2.31. The Labute approximate surface area is 110 Å². The number of carbonyl (C=O) groups is 1. The van der Waals surface area contributed by atoms with Gasteiger partial charge >= 0.3 is 0 Å². The summed E-state index contributed by atoms with van der Waals surface area (Å²) >= 11 is 0. The van der Waals surface area contributed by atoms with Crippen LogP contribution in [-0.4, -0.2) is 19.0 Å². The first-order valence-electron chi connectivity index (χ1n) is 6.64. The Bertz CT molecular complexity index is 377. The smallest absolute Gasteiger partial charge is 0.220 e. The van der Waals surface area contributed by atoms with Crippen molar-refractivity contribution >= 4 is 5.91 Å². The highest BCUT2D eigenvalue weighted by molar-refractivity contribution is 5.75. The second-order valence-electron chi connectivity index (χ2n) is 4.92. The Morgan fingerprint density at radius 3 is 2.78 bits per heavy atom. The molecule has 0 aliphatic carbocycles. The Morgan fingerprint density at radius 1 is 1.39 bits per heavy atom. The number of carbonyl (C=O) groups excluding carboxylic acids is 1. The fraction of sp³-hybridized carbons (Fsp3) is 0.533. The lowest BCUT2D eigenvalue weighted by Gasteiger charge is -2.10. The highest BCUT2D eigenvalue weighted by Gasteiger charge is 2.04. The molecule has 0 aromatic heterocycles. The standard InChI is InChI=1S/C15H24N2O/c1-12(10-16)11-17-15(18)9-5-8-14-7-4-3-6-13(14)2/h3-4,6-7,12H,5,8-11,16H2,1-2H3,(H,17,18). The van der Waals surface area contributed by atoms with Crippen molar-refractivity contribution < 1.29 is 4.79 Å². The molecule has 1 rings (SSSR count).